The molecule has 21 heavy (non-hydrogen) atoms. The van der Waals surface area contributed by atoms with Gasteiger partial charge in [-0.1, -0.05) is 0 Å². The van der Waals surface area contributed by atoms with Gasteiger partial charge in [0.2, 0.25) is 10.0 Å². The maximum Gasteiger partial charge on any atom is 0.243 e. The Balaban J connectivity index is 2.38. The molecule has 0 saturated carbocycles. The Morgan fingerprint density at radius 1 is 1.43 bits per heavy atom. The fraction of sp³-hybridized carbons (Fsp3) is 0.571. The van der Waals surface area contributed by atoms with Crippen molar-refractivity contribution in [1.29, 1.82) is 0 Å². The Labute approximate surface area is 125 Å². The van der Waals surface area contributed by atoms with Crippen molar-refractivity contribution in [3.8, 4) is 5.75 Å². The molecule has 1 N–H and O–H groups in total. The van der Waals surface area contributed by atoms with Gasteiger partial charge in [-0.3, -0.25) is 0 Å². The minimum Gasteiger partial charge on any atom is -0.494 e. The topological polar surface area (TPSA) is 58.6 Å². The largest absolute Gasteiger partial charge is 0.494 e. The first-order valence-corrected chi connectivity index (χ1v) is 8.36. The molecule has 1 aromatic rings. The fourth-order valence-corrected chi connectivity index (χ4v) is 4.36. The molecule has 5 nitrogen and oxygen atoms in total. The molecule has 0 spiro atoms. The number of hydrogen-bond donors (Lipinski definition) is 1. The smallest absolute Gasteiger partial charge is 0.243 e. The van der Waals surface area contributed by atoms with Gasteiger partial charge in [-0.2, -0.15) is 4.31 Å². The number of likely N-dealkylation sites (N-methyl/N-ethyl adjacent to an activating group) is 1. The van der Waals surface area contributed by atoms with Crippen LogP contribution in [0.1, 0.15) is 18.4 Å². The molecule has 1 fully saturated rings. The summed E-state index contributed by atoms with van der Waals surface area (Å²) < 4.78 is 45.8. The average molecular weight is 316 g/mol. The SMILES string of the molecule is CNC1CCCN(S(=O)(=O)c2ccc(OC)c(F)c2C)C1. The zero-order chi connectivity index (χ0) is 15.6. The normalized spacial score (nSPS) is 20.5. The summed E-state index contributed by atoms with van der Waals surface area (Å²) in [5.74, 6) is -0.570. The second-order valence-electron chi connectivity index (χ2n) is 5.20. The third-order valence-corrected chi connectivity index (χ3v) is 5.94. The number of rotatable bonds is 4. The van der Waals surface area contributed by atoms with Crippen molar-refractivity contribution in [2.75, 3.05) is 27.2 Å². The lowest BCUT2D eigenvalue weighted by molar-refractivity contribution is 0.292. The third kappa shape index (κ3) is 3.04. The number of methoxy groups -OCH3 is 1. The zero-order valence-electron chi connectivity index (χ0n) is 12.5. The molecular weight excluding hydrogens is 295 g/mol. The van der Waals surface area contributed by atoms with Crippen molar-refractivity contribution in [1.82, 2.24) is 9.62 Å². The van der Waals surface area contributed by atoms with E-state index in [9.17, 15) is 12.8 Å². The van der Waals surface area contributed by atoms with Crippen LogP contribution in [0.25, 0.3) is 0 Å². The van der Waals surface area contributed by atoms with Gasteiger partial charge in [0.25, 0.3) is 0 Å². The summed E-state index contributed by atoms with van der Waals surface area (Å²) in [4.78, 5) is 0.0116. The van der Waals surface area contributed by atoms with Gasteiger partial charge >= 0.3 is 0 Å². The number of hydrogen-bond acceptors (Lipinski definition) is 4. The molecule has 0 aromatic heterocycles. The Morgan fingerprint density at radius 3 is 2.76 bits per heavy atom. The number of ether oxygens (including phenoxy) is 1. The van der Waals surface area contributed by atoms with E-state index in [0.29, 0.717) is 13.1 Å². The summed E-state index contributed by atoms with van der Waals surface area (Å²) in [5.41, 5.74) is 0.0981. The average Bonchev–Trinajstić information content (AvgIpc) is 2.49. The molecular formula is C14H21FN2O3S. The van der Waals surface area contributed by atoms with Crippen LogP contribution < -0.4 is 10.1 Å². The maximum atomic E-state index is 14.1. The van der Waals surface area contributed by atoms with Crippen LogP contribution in [-0.2, 0) is 10.0 Å². The number of sulfonamides is 1. The van der Waals surface area contributed by atoms with Gasteiger partial charge in [0, 0.05) is 24.7 Å². The summed E-state index contributed by atoms with van der Waals surface area (Å²) in [7, 11) is -0.512. The second kappa shape index (κ2) is 6.29. The zero-order valence-corrected chi connectivity index (χ0v) is 13.3. The lowest BCUT2D eigenvalue weighted by Gasteiger charge is -2.32. The first-order valence-electron chi connectivity index (χ1n) is 6.92. The molecule has 1 aliphatic rings. The van der Waals surface area contributed by atoms with E-state index in [1.807, 2.05) is 7.05 Å². The van der Waals surface area contributed by atoms with Crippen LogP contribution in [0.5, 0.6) is 5.75 Å². The Kier molecular flexibility index (Phi) is 4.85. The van der Waals surface area contributed by atoms with E-state index in [4.69, 9.17) is 4.74 Å². The monoisotopic (exact) mass is 316 g/mol. The molecule has 118 valence electrons. The highest BCUT2D eigenvalue weighted by molar-refractivity contribution is 7.89. The molecule has 2 rings (SSSR count). The van der Waals surface area contributed by atoms with E-state index in [-0.39, 0.29) is 22.3 Å². The lowest BCUT2D eigenvalue weighted by Crippen LogP contribution is -2.47. The minimum absolute atomic E-state index is 0.0116. The van der Waals surface area contributed by atoms with Crippen molar-refractivity contribution in [2.45, 2.75) is 30.7 Å². The van der Waals surface area contributed by atoms with E-state index in [1.54, 1.807) is 0 Å². The summed E-state index contributed by atoms with van der Waals surface area (Å²) in [6.07, 6.45) is 1.74. The van der Waals surface area contributed by atoms with E-state index in [2.05, 4.69) is 5.32 Å². The van der Waals surface area contributed by atoms with Crippen LogP contribution in [0.4, 0.5) is 4.39 Å². The standard InChI is InChI=1S/C14H21FN2O3S/c1-10-13(7-6-12(20-3)14(10)15)21(18,19)17-8-4-5-11(9-17)16-2/h6-7,11,16H,4-5,8-9H2,1-3H3. The van der Waals surface area contributed by atoms with Crippen molar-refractivity contribution < 1.29 is 17.5 Å². The molecule has 1 unspecified atom stereocenters. The Bertz CT molecular complexity index is 619. The first kappa shape index (κ1) is 16.2. The molecule has 0 amide bonds. The van der Waals surface area contributed by atoms with Gasteiger partial charge < -0.3 is 10.1 Å². The molecule has 1 aromatic carbocycles. The van der Waals surface area contributed by atoms with Crippen LogP contribution in [0.15, 0.2) is 17.0 Å². The Hall–Kier alpha value is -1.18. The summed E-state index contributed by atoms with van der Waals surface area (Å²) in [5, 5.41) is 3.10. The highest BCUT2D eigenvalue weighted by atomic mass is 32.2. The van der Waals surface area contributed by atoms with Crippen LogP contribution >= 0.6 is 0 Å². The van der Waals surface area contributed by atoms with Gasteiger partial charge in [0.05, 0.1) is 12.0 Å². The molecule has 0 radical (unpaired) electrons. The molecule has 7 heteroatoms. The van der Waals surface area contributed by atoms with Gasteiger partial charge in [-0.15, -0.1) is 0 Å². The quantitative estimate of drug-likeness (QED) is 0.915. The first-order chi connectivity index (χ1) is 9.91. The highest BCUT2D eigenvalue weighted by Gasteiger charge is 2.31. The number of halogens is 1. The summed E-state index contributed by atoms with van der Waals surface area (Å²) in [6, 6.07) is 2.90. The minimum atomic E-state index is -3.69. The van der Waals surface area contributed by atoms with Gasteiger partial charge in [-0.25, -0.2) is 12.8 Å². The molecule has 0 bridgehead atoms. The number of benzene rings is 1. The third-order valence-electron chi connectivity index (χ3n) is 3.93. The molecule has 1 saturated heterocycles. The number of nitrogens with one attached hydrogen (secondary N) is 1. The van der Waals surface area contributed by atoms with Crippen molar-refractivity contribution >= 4 is 10.0 Å². The lowest BCUT2D eigenvalue weighted by atomic mass is 10.1. The van der Waals surface area contributed by atoms with Gasteiger partial charge in [0.1, 0.15) is 0 Å². The second-order valence-corrected chi connectivity index (χ2v) is 7.10. The van der Waals surface area contributed by atoms with Crippen LogP contribution in [-0.4, -0.2) is 46.0 Å². The maximum absolute atomic E-state index is 14.1. The molecule has 1 heterocycles. The summed E-state index contributed by atoms with van der Waals surface area (Å²) >= 11 is 0. The van der Waals surface area contributed by atoms with Crippen molar-refractivity contribution in [3.63, 3.8) is 0 Å². The molecule has 1 atom stereocenters. The predicted octanol–water partition coefficient (Wildman–Crippen LogP) is 1.52. The van der Waals surface area contributed by atoms with Gasteiger partial charge in [-0.05, 0) is 38.9 Å². The fourth-order valence-electron chi connectivity index (χ4n) is 2.62. The van der Waals surface area contributed by atoms with Crippen molar-refractivity contribution in [3.05, 3.63) is 23.5 Å². The van der Waals surface area contributed by atoms with E-state index in [1.165, 1.54) is 30.5 Å². The highest BCUT2D eigenvalue weighted by Crippen LogP contribution is 2.29. The number of piperidine rings is 1. The van der Waals surface area contributed by atoms with Crippen LogP contribution in [0.3, 0.4) is 0 Å². The van der Waals surface area contributed by atoms with Gasteiger partial charge in [0.15, 0.2) is 11.6 Å². The number of nitrogens with zero attached hydrogens (tertiary/aromatic N) is 1. The molecule has 1 aliphatic heterocycles. The predicted molar refractivity (Wildman–Crippen MR) is 78.5 cm³/mol. The van der Waals surface area contributed by atoms with Crippen molar-refractivity contribution in [2.24, 2.45) is 0 Å². The van der Waals surface area contributed by atoms with E-state index >= 15 is 0 Å². The van der Waals surface area contributed by atoms with Crippen LogP contribution in [0.2, 0.25) is 0 Å². The van der Waals surface area contributed by atoms with E-state index in [0.717, 1.165) is 12.8 Å². The van der Waals surface area contributed by atoms with E-state index < -0.39 is 15.8 Å². The van der Waals surface area contributed by atoms with Crippen LogP contribution in [0, 0.1) is 12.7 Å². The molecule has 0 aliphatic carbocycles. The summed E-state index contributed by atoms with van der Waals surface area (Å²) in [6.45, 7) is 2.34. The Morgan fingerprint density at radius 2 is 2.14 bits per heavy atom.